The van der Waals surface area contributed by atoms with Gasteiger partial charge in [-0.3, -0.25) is 0 Å². The van der Waals surface area contributed by atoms with Crippen LogP contribution in [0.4, 0.5) is 0 Å². The van der Waals surface area contributed by atoms with Gasteiger partial charge in [-0.1, -0.05) is 0 Å². The van der Waals surface area contributed by atoms with E-state index in [9.17, 15) is 8.42 Å². The predicted octanol–water partition coefficient (Wildman–Crippen LogP) is 2.33. The molecular formula is C17H26N2O3S. The SMILES string of the molecule is CC1CN(S(=O)(=O)c2ccc(OC3CCCC3)cc2)CCN1C. The minimum atomic E-state index is -3.41. The number of piperazine rings is 1. The molecule has 0 bridgehead atoms. The summed E-state index contributed by atoms with van der Waals surface area (Å²) >= 11 is 0. The van der Waals surface area contributed by atoms with Crippen LogP contribution in [0.1, 0.15) is 32.6 Å². The fourth-order valence-electron chi connectivity index (χ4n) is 3.27. The lowest BCUT2D eigenvalue weighted by molar-refractivity contribution is 0.159. The first kappa shape index (κ1) is 16.7. The van der Waals surface area contributed by atoms with Crippen molar-refractivity contribution >= 4 is 10.0 Å². The number of rotatable bonds is 4. The summed E-state index contributed by atoms with van der Waals surface area (Å²) in [5, 5.41) is 0. The Balaban J connectivity index is 1.70. The maximum Gasteiger partial charge on any atom is 0.243 e. The average molecular weight is 338 g/mol. The molecule has 1 atom stereocenters. The van der Waals surface area contributed by atoms with Crippen LogP contribution in [-0.2, 0) is 10.0 Å². The molecule has 2 fully saturated rings. The molecule has 0 amide bonds. The van der Waals surface area contributed by atoms with E-state index in [0.29, 0.717) is 18.0 Å². The van der Waals surface area contributed by atoms with Gasteiger partial charge in [0, 0.05) is 25.7 Å². The Hall–Kier alpha value is -1.11. The molecular weight excluding hydrogens is 312 g/mol. The minimum Gasteiger partial charge on any atom is -0.490 e. The molecule has 1 aromatic rings. The normalized spacial score (nSPS) is 24.9. The van der Waals surface area contributed by atoms with E-state index in [-0.39, 0.29) is 12.1 Å². The fraction of sp³-hybridized carbons (Fsp3) is 0.647. The van der Waals surface area contributed by atoms with Gasteiger partial charge < -0.3 is 9.64 Å². The van der Waals surface area contributed by atoms with Crippen molar-refractivity contribution in [3.05, 3.63) is 24.3 Å². The fourth-order valence-corrected chi connectivity index (χ4v) is 4.78. The van der Waals surface area contributed by atoms with Gasteiger partial charge >= 0.3 is 0 Å². The smallest absolute Gasteiger partial charge is 0.243 e. The molecule has 1 aliphatic carbocycles. The first-order valence-electron chi connectivity index (χ1n) is 8.44. The molecule has 6 heteroatoms. The van der Waals surface area contributed by atoms with Gasteiger partial charge in [0.1, 0.15) is 5.75 Å². The molecule has 1 aliphatic heterocycles. The summed E-state index contributed by atoms with van der Waals surface area (Å²) in [5.74, 6) is 0.766. The van der Waals surface area contributed by atoms with Crippen molar-refractivity contribution in [2.75, 3.05) is 26.7 Å². The van der Waals surface area contributed by atoms with Gasteiger partial charge in [0.25, 0.3) is 0 Å². The number of likely N-dealkylation sites (N-methyl/N-ethyl adjacent to an activating group) is 1. The zero-order valence-electron chi connectivity index (χ0n) is 13.9. The first-order valence-corrected chi connectivity index (χ1v) is 9.88. The van der Waals surface area contributed by atoms with Gasteiger partial charge in [0.05, 0.1) is 11.0 Å². The summed E-state index contributed by atoms with van der Waals surface area (Å²) in [4.78, 5) is 2.54. The third-order valence-electron chi connectivity index (χ3n) is 4.99. The van der Waals surface area contributed by atoms with E-state index in [0.717, 1.165) is 25.1 Å². The zero-order chi connectivity index (χ0) is 16.4. The number of hydrogen-bond acceptors (Lipinski definition) is 4. The average Bonchev–Trinajstić information content (AvgIpc) is 3.03. The molecule has 3 rings (SSSR count). The monoisotopic (exact) mass is 338 g/mol. The highest BCUT2D eigenvalue weighted by atomic mass is 32.2. The summed E-state index contributed by atoms with van der Waals surface area (Å²) in [5.41, 5.74) is 0. The van der Waals surface area contributed by atoms with Crippen LogP contribution in [0.15, 0.2) is 29.2 Å². The second-order valence-electron chi connectivity index (χ2n) is 6.69. The Bertz CT molecular complexity index is 624. The van der Waals surface area contributed by atoms with Crippen molar-refractivity contribution in [2.45, 2.75) is 49.6 Å². The topological polar surface area (TPSA) is 49.9 Å². The molecule has 1 saturated carbocycles. The summed E-state index contributed by atoms with van der Waals surface area (Å²) in [6.45, 7) is 3.91. The number of benzene rings is 1. The second-order valence-corrected chi connectivity index (χ2v) is 8.63. The van der Waals surface area contributed by atoms with Crippen LogP contribution >= 0.6 is 0 Å². The summed E-state index contributed by atoms with van der Waals surface area (Å²) < 4.78 is 33.0. The maximum atomic E-state index is 12.8. The lowest BCUT2D eigenvalue weighted by atomic mass is 10.2. The van der Waals surface area contributed by atoms with Gasteiger partial charge in [0.15, 0.2) is 0 Å². The highest BCUT2D eigenvalue weighted by molar-refractivity contribution is 7.89. The first-order chi connectivity index (χ1) is 11.0. The Morgan fingerprint density at radius 2 is 1.74 bits per heavy atom. The van der Waals surface area contributed by atoms with E-state index in [2.05, 4.69) is 11.8 Å². The van der Waals surface area contributed by atoms with E-state index < -0.39 is 10.0 Å². The van der Waals surface area contributed by atoms with Gasteiger partial charge in [-0.05, 0) is 63.9 Å². The molecule has 0 spiro atoms. The van der Waals surface area contributed by atoms with E-state index in [4.69, 9.17) is 4.74 Å². The van der Waals surface area contributed by atoms with Crippen molar-refractivity contribution in [2.24, 2.45) is 0 Å². The molecule has 128 valence electrons. The number of nitrogens with zero attached hydrogens (tertiary/aromatic N) is 2. The molecule has 1 saturated heterocycles. The van der Waals surface area contributed by atoms with E-state index in [1.165, 1.54) is 12.8 Å². The Kier molecular flexibility index (Phi) is 4.94. The number of sulfonamides is 1. The molecule has 5 nitrogen and oxygen atoms in total. The van der Waals surface area contributed by atoms with Gasteiger partial charge in [-0.15, -0.1) is 0 Å². The van der Waals surface area contributed by atoms with Gasteiger partial charge in [-0.25, -0.2) is 8.42 Å². The maximum absolute atomic E-state index is 12.8. The molecule has 23 heavy (non-hydrogen) atoms. The Labute approximate surface area is 139 Å². The lowest BCUT2D eigenvalue weighted by Crippen LogP contribution is -2.51. The summed E-state index contributed by atoms with van der Waals surface area (Å²) in [6, 6.07) is 7.14. The zero-order valence-corrected chi connectivity index (χ0v) is 14.8. The molecule has 0 aromatic heterocycles. The van der Waals surface area contributed by atoms with Crippen LogP contribution in [0.25, 0.3) is 0 Å². The standard InChI is InChI=1S/C17H26N2O3S/c1-14-13-19(12-11-18(14)2)23(20,21)17-9-7-16(8-10-17)22-15-5-3-4-6-15/h7-10,14-15H,3-6,11-13H2,1-2H3. The number of ether oxygens (including phenoxy) is 1. The van der Waals surface area contributed by atoms with E-state index in [1.807, 2.05) is 7.05 Å². The van der Waals surface area contributed by atoms with Crippen LogP contribution < -0.4 is 4.74 Å². The van der Waals surface area contributed by atoms with Crippen molar-refractivity contribution in [1.29, 1.82) is 0 Å². The second kappa shape index (κ2) is 6.79. The third kappa shape index (κ3) is 3.70. The molecule has 0 N–H and O–H groups in total. The number of hydrogen-bond donors (Lipinski definition) is 0. The minimum absolute atomic E-state index is 0.239. The Morgan fingerprint density at radius 3 is 2.35 bits per heavy atom. The van der Waals surface area contributed by atoms with Crippen molar-refractivity contribution < 1.29 is 13.2 Å². The lowest BCUT2D eigenvalue weighted by Gasteiger charge is -2.36. The largest absolute Gasteiger partial charge is 0.490 e. The molecule has 0 radical (unpaired) electrons. The van der Waals surface area contributed by atoms with Crippen molar-refractivity contribution in [3.63, 3.8) is 0 Å². The van der Waals surface area contributed by atoms with E-state index >= 15 is 0 Å². The van der Waals surface area contributed by atoms with Crippen LogP contribution in [0.5, 0.6) is 5.75 Å². The highest BCUT2D eigenvalue weighted by Gasteiger charge is 2.30. The Morgan fingerprint density at radius 1 is 1.09 bits per heavy atom. The highest BCUT2D eigenvalue weighted by Crippen LogP contribution is 2.26. The van der Waals surface area contributed by atoms with E-state index in [1.54, 1.807) is 28.6 Å². The third-order valence-corrected chi connectivity index (χ3v) is 6.87. The van der Waals surface area contributed by atoms with Gasteiger partial charge in [0.2, 0.25) is 10.0 Å². The summed E-state index contributed by atoms with van der Waals surface area (Å²) in [7, 11) is -1.38. The van der Waals surface area contributed by atoms with Crippen LogP contribution in [-0.4, -0.2) is 56.5 Å². The molecule has 1 aromatic carbocycles. The molecule has 2 aliphatic rings. The van der Waals surface area contributed by atoms with Crippen molar-refractivity contribution in [3.8, 4) is 5.75 Å². The predicted molar refractivity (Wildman–Crippen MR) is 90.2 cm³/mol. The molecule has 1 heterocycles. The molecule has 1 unspecified atom stereocenters. The van der Waals surface area contributed by atoms with Gasteiger partial charge in [-0.2, -0.15) is 4.31 Å². The van der Waals surface area contributed by atoms with Crippen molar-refractivity contribution in [1.82, 2.24) is 9.21 Å². The quantitative estimate of drug-likeness (QED) is 0.845. The summed E-state index contributed by atoms with van der Waals surface area (Å²) in [6.07, 6.45) is 4.92. The van der Waals surface area contributed by atoms with Crippen LogP contribution in [0, 0.1) is 0 Å². The van der Waals surface area contributed by atoms with Crippen LogP contribution in [0.3, 0.4) is 0 Å². The van der Waals surface area contributed by atoms with Crippen LogP contribution in [0.2, 0.25) is 0 Å².